The first-order valence-electron chi connectivity index (χ1n) is 11.3. The number of benzene rings is 1. The summed E-state index contributed by atoms with van der Waals surface area (Å²) in [6.07, 6.45) is 4.49. The number of nitrogens with zero attached hydrogens (tertiary/aromatic N) is 5. The summed E-state index contributed by atoms with van der Waals surface area (Å²) in [5, 5.41) is 9.03. The van der Waals surface area contributed by atoms with Gasteiger partial charge in [0.15, 0.2) is 11.5 Å². The number of aromatic nitrogens is 4. The van der Waals surface area contributed by atoms with E-state index in [2.05, 4.69) is 16.8 Å². The molecule has 1 saturated carbocycles. The van der Waals surface area contributed by atoms with Crippen LogP contribution in [0.15, 0.2) is 31.0 Å². The Hall–Kier alpha value is -3.49. The molecule has 1 aliphatic rings. The van der Waals surface area contributed by atoms with Crippen LogP contribution in [0.1, 0.15) is 52.8 Å². The molecule has 0 bridgehead atoms. The highest BCUT2D eigenvalue weighted by Crippen LogP contribution is 2.32. The Balaban J connectivity index is 1.79. The molecule has 2 heterocycles. The van der Waals surface area contributed by atoms with E-state index >= 15 is 4.39 Å². The summed E-state index contributed by atoms with van der Waals surface area (Å²) < 4.78 is 37.9. The molecule has 0 unspecified atom stereocenters. The fourth-order valence-corrected chi connectivity index (χ4v) is 3.96. The van der Waals surface area contributed by atoms with Gasteiger partial charge in [-0.05, 0) is 44.7 Å². The van der Waals surface area contributed by atoms with Crippen LogP contribution in [0.4, 0.5) is 8.78 Å². The zero-order chi connectivity index (χ0) is 24.6. The van der Waals surface area contributed by atoms with Crippen LogP contribution in [0.5, 0.6) is 0 Å². The average Bonchev–Trinajstić information content (AvgIpc) is 3.38. The van der Waals surface area contributed by atoms with Gasteiger partial charge in [0.1, 0.15) is 17.3 Å². The molecule has 34 heavy (non-hydrogen) atoms. The van der Waals surface area contributed by atoms with E-state index < -0.39 is 11.6 Å². The van der Waals surface area contributed by atoms with E-state index in [-0.39, 0.29) is 29.3 Å². The molecule has 0 saturated heterocycles. The summed E-state index contributed by atoms with van der Waals surface area (Å²) in [6.45, 7) is 8.46. The van der Waals surface area contributed by atoms with Crippen molar-refractivity contribution in [1.82, 2.24) is 24.5 Å². The molecule has 2 aromatic heterocycles. The van der Waals surface area contributed by atoms with Crippen molar-refractivity contribution in [3.63, 3.8) is 0 Å². The molecule has 0 atom stereocenters. The Labute approximate surface area is 197 Å². The molecule has 1 fully saturated rings. The van der Waals surface area contributed by atoms with Crippen molar-refractivity contribution < 1.29 is 18.3 Å². The van der Waals surface area contributed by atoms with Gasteiger partial charge in [0.05, 0.1) is 12.3 Å². The number of halogens is 2. The maximum absolute atomic E-state index is 15.1. The minimum absolute atomic E-state index is 0.0498. The van der Waals surface area contributed by atoms with Crippen LogP contribution < -0.4 is 0 Å². The van der Waals surface area contributed by atoms with Gasteiger partial charge in [0.25, 0.3) is 5.91 Å². The third-order valence-electron chi connectivity index (χ3n) is 5.72. The van der Waals surface area contributed by atoms with Gasteiger partial charge < -0.3 is 9.64 Å². The SMILES string of the molecule is C=C(OCC)c1cc(F)cc(F)c1-n1nc(C)cc1Cc1cn(CC2CC2)nc1C(=O)N(C)C. The molecular weight excluding hydrogens is 440 g/mol. The lowest BCUT2D eigenvalue weighted by atomic mass is 10.1. The Morgan fingerprint density at radius 3 is 2.62 bits per heavy atom. The standard InChI is InChI=1S/C25H29F2N5O2/c1-6-34-16(3)21-11-19(26)12-22(27)24(21)32-20(9-15(2)28-32)10-18-14-31(13-17-7-8-17)29-23(18)25(33)30(4)5/h9,11-12,14,17H,3,6-8,10,13H2,1-2,4-5H3. The van der Waals surface area contributed by atoms with Crippen molar-refractivity contribution in [3.8, 4) is 5.69 Å². The van der Waals surface area contributed by atoms with E-state index in [9.17, 15) is 9.18 Å². The summed E-state index contributed by atoms with van der Waals surface area (Å²) in [5.41, 5.74) is 2.58. The minimum Gasteiger partial charge on any atom is -0.494 e. The number of hydrogen-bond donors (Lipinski definition) is 0. The molecular formula is C25H29F2N5O2. The molecule has 4 rings (SSSR count). The van der Waals surface area contributed by atoms with Crippen LogP contribution in [-0.2, 0) is 17.7 Å². The molecule has 0 radical (unpaired) electrons. The van der Waals surface area contributed by atoms with Crippen LogP contribution in [0.25, 0.3) is 11.4 Å². The largest absolute Gasteiger partial charge is 0.494 e. The lowest BCUT2D eigenvalue weighted by Gasteiger charge is -2.16. The Morgan fingerprint density at radius 1 is 1.24 bits per heavy atom. The Bertz CT molecular complexity index is 1240. The average molecular weight is 470 g/mol. The van der Waals surface area contributed by atoms with Gasteiger partial charge in [-0.15, -0.1) is 0 Å². The molecule has 1 amide bonds. The molecule has 7 nitrogen and oxygen atoms in total. The number of carbonyl (C=O) groups excluding carboxylic acids is 1. The van der Waals surface area contributed by atoms with Crippen LogP contribution in [-0.4, -0.2) is 51.1 Å². The van der Waals surface area contributed by atoms with Gasteiger partial charge in [-0.2, -0.15) is 10.2 Å². The van der Waals surface area contributed by atoms with Gasteiger partial charge >= 0.3 is 0 Å². The fraction of sp³-hybridized carbons (Fsp3) is 0.400. The third kappa shape index (κ3) is 4.88. The van der Waals surface area contributed by atoms with Crippen molar-refractivity contribution in [2.24, 2.45) is 5.92 Å². The second-order valence-electron chi connectivity index (χ2n) is 8.87. The van der Waals surface area contributed by atoms with Crippen LogP contribution >= 0.6 is 0 Å². The highest BCUT2D eigenvalue weighted by Gasteiger charge is 2.26. The van der Waals surface area contributed by atoms with Crippen molar-refractivity contribution >= 4 is 11.7 Å². The van der Waals surface area contributed by atoms with Gasteiger partial charge in [-0.3, -0.25) is 9.48 Å². The summed E-state index contributed by atoms with van der Waals surface area (Å²) in [5.74, 6) is -0.985. The first-order chi connectivity index (χ1) is 16.2. The van der Waals surface area contributed by atoms with E-state index in [1.54, 1.807) is 27.9 Å². The van der Waals surface area contributed by atoms with Gasteiger partial charge in [0, 0.05) is 56.1 Å². The molecule has 180 valence electrons. The van der Waals surface area contributed by atoms with Crippen molar-refractivity contribution in [1.29, 1.82) is 0 Å². The fourth-order valence-electron chi connectivity index (χ4n) is 3.96. The molecule has 0 N–H and O–H groups in total. The highest BCUT2D eigenvalue weighted by atomic mass is 19.1. The molecule has 9 heteroatoms. The normalized spacial score (nSPS) is 13.2. The van der Waals surface area contributed by atoms with E-state index in [4.69, 9.17) is 4.74 Å². The van der Waals surface area contributed by atoms with Crippen LogP contribution in [0.2, 0.25) is 0 Å². The summed E-state index contributed by atoms with van der Waals surface area (Å²) in [4.78, 5) is 14.3. The lowest BCUT2D eigenvalue weighted by molar-refractivity contribution is 0.0820. The number of aryl methyl sites for hydroxylation is 1. The third-order valence-corrected chi connectivity index (χ3v) is 5.72. The maximum atomic E-state index is 15.1. The Morgan fingerprint density at radius 2 is 1.97 bits per heavy atom. The first-order valence-corrected chi connectivity index (χ1v) is 11.3. The lowest BCUT2D eigenvalue weighted by Crippen LogP contribution is -2.23. The smallest absolute Gasteiger partial charge is 0.274 e. The van der Waals surface area contributed by atoms with Gasteiger partial charge in [-0.25, -0.2) is 13.5 Å². The number of hydrogen-bond acceptors (Lipinski definition) is 4. The highest BCUT2D eigenvalue weighted by molar-refractivity contribution is 5.93. The minimum atomic E-state index is -0.783. The topological polar surface area (TPSA) is 65.2 Å². The molecule has 3 aromatic rings. The first kappa shape index (κ1) is 23.7. The molecule has 1 aliphatic carbocycles. The van der Waals surface area contributed by atoms with E-state index in [0.717, 1.165) is 25.5 Å². The second kappa shape index (κ2) is 9.40. The number of ether oxygens (including phenoxy) is 1. The zero-order valence-corrected chi connectivity index (χ0v) is 19.9. The molecule has 0 aliphatic heterocycles. The van der Waals surface area contributed by atoms with Crippen LogP contribution in [0, 0.1) is 24.5 Å². The molecule has 1 aromatic carbocycles. The monoisotopic (exact) mass is 469 g/mol. The Kier molecular flexibility index (Phi) is 6.54. The predicted molar refractivity (Wildman–Crippen MR) is 125 cm³/mol. The van der Waals surface area contributed by atoms with Crippen molar-refractivity contribution in [3.05, 3.63) is 70.8 Å². The summed E-state index contributed by atoms with van der Waals surface area (Å²) in [6, 6.07) is 3.82. The second-order valence-corrected chi connectivity index (χ2v) is 8.87. The summed E-state index contributed by atoms with van der Waals surface area (Å²) in [7, 11) is 3.36. The number of rotatable bonds is 9. The van der Waals surface area contributed by atoms with E-state index in [1.165, 1.54) is 15.6 Å². The van der Waals surface area contributed by atoms with E-state index in [1.807, 2.05) is 16.9 Å². The maximum Gasteiger partial charge on any atom is 0.274 e. The summed E-state index contributed by atoms with van der Waals surface area (Å²) >= 11 is 0. The van der Waals surface area contributed by atoms with E-state index in [0.29, 0.717) is 35.2 Å². The van der Waals surface area contributed by atoms with Crippen molar-refractivity contribution in [2.75, 3.05) is 20.7 Å². The number of carbonyl (C=O) groups is 1. The number of amides is 1. The van der Waals surface area contributed by atoms with Gasteiger partial charge in [-0.1, -0.05) is 6.58 Å². The predicted octanol–water partition coefficient (Wildman–Crippen LogP) is 4.37. The molecule has 0 spiro atoms. The van der Waals surface area contributed by atoms with Crippen LogP contribution in [0.3, 0.4) is 0 Å². The zero-order valence-electron chi connectivity index (χ0n) is 19.9. The van der Waals surface area contributed by atoms with Gasteiger partial charge in [0.2, 0.25) is 0 Å². The quantitative estimate of drug-likeness (QED) is 0.437. The van der Waals surface area contributed by atoms with Crippen molar-refractivity contribution in [2.45, 2.75) is 39.7 Å².